The second-order valence-electron chi connectivity index (χ2n) is 7.91. The molecule has 0 fully saturated rings. The third-order valence-electron chi connectivity index (χ3n) is 5.79. The van der Waals surface area contributed by atoms with Gasteiger partial charge in [0.25, 0.3) is 0 Å². The summed E-state index contributed by atoms with van der Waals surface area (Å²) in [5.41, 5.74) is 5.29. The minimum absolute atomic E-state index is 0.150. The Labute approximate surface area is 150 Å². The summed E-state index contributed by atoms with van der Waals surface area (Å²) in [5, 5.41) is 9.30. The van der Waals surface area contributed by atoms with Crippen LogP contribution in [-0.2, 0) is 4.74 Å². The first-order chi connectivity index (χ1) is 11.9. The standard InChI is InChI=1S/C22H28O3/c1-15(2)19-11-13-22(3)12-10-16(4-9-20(19)22)14-25-21(24)17-5-7-18(23)8-6-17/h5-8,10,15,23H,4,9,11-14H2,1-3H3/t22-/m0/s1. The Morgan fingerprint density at radius 3 is 2.60 bits per heavy atom. The van der Waals surface area contributed by atoms with Crippen molar-refractivity contribution >= 4 is 5.97 Å². The minimum atomic E-state index is -0.335. The maximum atomic E-state index is 12.1. The first-order valence-corrected chi connectivity index (χ1v) is 9.25. The second-order valence-corrected chi connectivity index (χ2v) is 7.91. The number of benzene rings is 1. The van der Waals surface area contributed by atoms with Crippen molar-refractivity contribution in [2.24, 2.45) is 11.3 Å². The first-order valence-electron chi connectivity index (χ1n) is 9.25. The molecule has 0 spiro atoms. The smallest absolute Gasteiger partial charge is 0.338 e. The van der Waals surface area contributed by atoms with Crippen LogP contribution in [0.4, 0.5) is 0 Å². The van der Waals surface area contributed by atoms with Gasteiger partial charge >= 0.3 is 5.97 Å². The summed E-state index contributed by atoms with van der Waals surface area (Å²) in [4.78, 5) is 12.1. The molecule has 1 aromatic carbocycles. The Balaban J connectivity index is 1.64. The number of esters is 1. The van der Waals surface area contributed by atoms with E-state index in [0.717, 1.165) is 19.3 Å². The van der Waals surface area contributed by atoms with Crippen molar-refractivity contribution in [3.05, 3.63) is 52.6 Å². The van der Waals surface area contributed by atoms with Crippen LogP contribution in [-0.4, -0.2) is 17.7 Å². The van der Waals surface area contributed by atoms with Crippen LogP contribution in [0.5, 0.6) is 5.75 Å². The number of hydrogen-bond donors (Lipinski definition) is 1. The Bertz CT molecular complexity index is 709. The zero-order chi connectivity index (χ0) is 18.0. The maximum absolute atomic E-state index is 12.1. The van der Waals surface area contributed by atoms with Crippen molar-refractivity contribution in [1.82, 2.24) is 0 Å². The summed E-state index contributed by atoms with van der Waals surface area (Å²) < 4.78 is 5.49. The van der Waals surface area contributed by atoms with Crippen LogP contribution < -0.4 is 0 Å². The Kier molecular flexibility index (Phi) is 5.03. The molecule has 0 saturated heterocycles. The third-order valence-corrected chi connectivity index (χ3v) is 5.79. The number of fused-ring (bicyclic) bond motifs is 1. The van der Waals surface area contributed by atoms with Crippen LogP contribution in [0.25, 0.3) is 0 Å². The SMILES string of the molecule is CC(C)C1=C2CCC(COC(=O)c3ccc(O)cc3)=CC[C@@]2(C)CC1. The largest absolute Gasteiger partial charge is 0.508 e. The number of rotatable bonds is 4. The minimum Gasteiger partial charge on any atom is -0.508 e. The average molecular weight is 340 g/mol. The maximum Gasteiger partial charge on any atom is 0.338 e. The summed E-state index contributed by atoms with van der Waals surface area (Å²) >= 11 is 0. The van der Waals surface area contributed by atoms with Crippen molar-refractivity contribution in [1.29, 1.82) is 0 Å². The van der Waals surface area contributed by atoms with Crippen molar-refractivity contribution in [3.8, 4) is 5.75 Å². The summed E-state index contributed by atoms with van der Waals surface area (Å²) in [6.07, 6.45) is 7.89. The number of allylic oxidation sites excluding steroid dienone is 3. The van der Waals surface area contributed by atoms with E-state index >= 15 is 0 Å². The number of ether oxygens (including phenoxy) is 1. The van der Waals surface area contributed by atoms with E-state index in [4.69, 9.17) is 4.74 Å². The highest BCUT2D eigenvalue weighted by molar-refractivity contribution is 5.89. The molecule has 1 atom stereocenters. The number of phenols is 1. The van der Waals surface area contributed by atoms with Crippen molar-refractivity contribution < 1.29 is 14.6 Å². The second kappa shape index (κ2) is 7.07. The molecule has 3 heteroatoms. The van der Waals surface area contributed by atoms with Gasteiger partial charge in [0.1, 0.15) is 12.4 Å². The van der Waals surface area contributed by atoms with Gasteiger partial charge in [-0.3, -0.25) is 0 Å². The Morgan fingerprint density at radius 2 is 1.92 bits per heavy atom. The summed E-state index contributed by atoms with van der Waals surface area (Å²) in [6, 6.07) is 6.18. The molecule has 0 heterocycles. The van der Waals surface area contributed by atoms with Crippen LogP contribution in [0.1, 0.15) is 63.2 Å². The van der Waals surface area contributed by atoms with Crippen LogP contribution in [0.3, 0.4) is 0 Å². The third kappa shape index (κ3) is 3.81. The van der Waals surface area contributed by atoms with E-state index in [2.05, 4.69) is 26.8 Å². The fourth-order valence-electron chi connectivity index (χ4n) is 4.15. The molecule has 1 aromatic rings. The van der Waals surface area contributed by atoms with Gasteiger partial charge in [-0.05, 0) is 73.3 Å². The molecular weight excluding hydrogens is 312 g/mol. The van der Waals surface area contributed by atoms with Gasteiger partial charge in [0.15, 0.2) is 0 Å². The molecule has 2 aliphatic carbocycles. The van der Waals surface area contributed by atoms with Gasteiger partial charge in [-0.2, -0.15) is 0 Å². The predicted octanol–water partition coefficient (Wildman–Crippen LogP) is 5.41. The van der Waals surface area contributed by atoms with Gasteiger partial charge in [0.05, 0.1) is 5.56 Å². The lowest BCUT2D eigenvalue weighted by Gasteiger charge is -2.26. The van der Waals surface area contributed by atoms with Gasteiger partial charge in [0, 0.05) is 0 Å². The zero-order valence-electron chi connectivity index (χ0n) is 15.5. The predicted molar refractivity (Wildman–Crippen MR) is 99.5 cm³/mol. The Morgan fingerprint density at radius 1 is 1.20 bits per heavy atom. The number of carbonyl (C=O) groups excluding carboxylic acids is 1. The number of hydrogen-bond acceptors (Lipinski definition) is 3. The molecular formula is C22H28O3. The quantitative estimate of drug-likeness (QED) is 0.588. The molecule has 0 aliphatic heterocycles. The van der Waals surface area contributed by atoms with Gasteiger partial charge in [-0.1, -0.05) is 38.0 Å². The first kappa shape index (κ1) is 17.8. The summed E-state index contributed by atoms with van der Waals surface area (Å²) in [6.45, 7) is 7.35. The van der Waals surface area contributed by atoms with E-state index in [9.17, 15) is 9.90 Å². The fourth-order valence-corrected chi connectivity index (χ4v) is 4.15. The van der Waals surface area contributed by atoms with E-state index in [1.54, 1.807) is 23.3 Å². The van der Waals surface area contributed by atoms with E-state index in [-0.39, 0.29) is 11.7 Å². The lowest BCUT2D eigenvalue weighted by atomic mass is 9.79. The highest BCUT2D eigenvalue weighted by Crippen LogP contribution is 2.51. The van der Waals surface area contributed by atoms with Gasteiger partial charge < -0.3 is 9.84 Å². The van der Waals surface area contributed by atoms with Crippen molar-refractivity contribution in [3.63, 3.8) is 0 Å². The summed E-state index contributed by atoms with van der Waals surface area (Å²) in [5.74, 6) is 0.446. The number of aromatic hydroxyl groups is 1. The molecule has 0 radical (unpaired) electrons. The van der Waals surface area contributed by atoms with E-state index in [1.165, 1.54) is 30.5 Å². The van der Waals surface area contributed by atoms with Crippen LogP contribution in [0, 0.1) is 11.3 Å². The lowest BCUT2D eigenvalue weighted by Crippen LogP contribution is -2.14. The fraction of sp³-hybridized carbons (Fsp3) is 0.500. The molecule has 25 heavy (non-hydrogen) atoms. The molecule has 0 bridgehead atoms. The van der Waals surface area contributed by atoms with Crippen LogP contribution in [0.2, 0.25) is 0 Å². The normalized spacial score (nSPS) is 23.3. The molecule has 2 aliphatic rings. The molecule has 1 N–H and O–H groups in total. The zero-order valence-corrected chi connectivity index (χ0v) is 15.5. The average Bonchev–Trinajstić information content (AvgIpc) is 2.83. The molecule has 0 unspecified atom stereocenters. The highest BCUT2D eigenvalue weighted by atomic mass is 16.5. The van der Waals surface area contributed by atoms with Gasteiger partial charge in [-0.15, -0.1) is 0 Å². The van der Waals surface area contributed by atoms with E-state index in [0.29, 0.717) is 23.5 Å². The monoisotopic (exact) mass is 340 g/mol. The molecule has 134 valence electrons. The molecule has 0 aromatic heterocycles. The lowest BCUT2D eigenvalue weighted by molar-refractivity contribution is 0.0537. The van der Waals surface area contributed by atoms with Crippen molar-refractivity contribution in [2.45, 2.75) is 52.9 Å². The molecule has 3 rings (SSSR count). The number of carbonyl (C=O) groups is 1. The van der Waals surface area contributed by atoms with Gasteiger partial charge in [-0.25, -0.2) is 4.79 Å². The van der Waals surface area contributed by atoms with Crippen molar-refractivity contribution in [2.75, 3.05) is 6.61 Å². The van der Waals surface area contributed by atoms with Crippen LogP contribution in [0.15, 0.2) is 47.1 Å². The molecule has 3 nitrogen and oxygen atoms in total. The van der Waals surface area contributed by atoms with E-state index in [1.807, 2.05) is 0 Å². The number of phenolic OH excluding ortho intramolecular Hbond substituents is 1. The Hall–Kier alpha value is -2.03. The molecule has 0 saturated carbocycles. The highest BCUT2D eigenvalue weighted by Gasteiger charge is 2.37. The topological polar surface area (TPSA) is 46.5 Å². The van der Waals surface area contributed by atoms with Gasteiger partial charge in [0.2, 0.25) is 0 Å². The van der Waals surface area contributed by atoms with Crippen LogP contribution >= 0.6 is 0 Å². The molecule has 0 amide bonds. The summed E-state index contributed by atoms with van der Waals surface area (Å²) in [7, 11) is 0. The van der Waals surface area contributed by atoms with E-state index < -0.39 is 0 Å².